The van der Waals surface area contributed by atoms with Crippen molar-refractivity contribution in [1.82, 2.24) is 0 Å². The Bertz CT molecular complexity index is 152. The van der Waals surface area contributed by atoms with E-state index < -0.39 is 0 Å². The van der Waals surface area contributed by atoms with Gasteiger partial charge in [-0.2, -0.15) is 0 Å². The summed E-state index contributed by atoms with van der Waals surface area (Å²) in [6, 6.07) is 0. The Hall–Kier alpha value is 0.440. The van der Waals surface area contributed by atoms with Crippen molar-refractivity contribution in [2.45, 2.75) is 45.3 Å². The Balaban J connectivity index is 2.71. The predicted molar refractivity (Wildman–Crippen MR) is 51.1 cm³/mol. The molecule has 1 rings (SSSR count). The van der Waals surface area contributed by atoms with E-state index in [0.29, 0.717) is 5.92 Å². The Morgan fingerprint density at radius 3 is 2.09 bits per heavy atom. The Kier molecular flexibility index (Phi) is 2.37. The van der Waals surface area contributed by atoms with E-state index in [1.165, 1.54) is 0 Å². The average molecular weight is 221 g/mol. The number of ether oxygens (including phenoxy) is 1. The second kappa shape index (κ2) is 2.74. The van der Waals surface area contributed by atoms with Crippen LogP contribution < -0.4 is 0 Å². The van der Waals surface area contributed by atoms with Gasteiger partial charge in [-0.1, -0.05) is 15.9 Å². The standard InChI is InChI=1S/C9H17BrO/c1-8(2)5-7(6-10)9(3,4)11-8/h7H,5-6H2,1-4H3/t7-/m1/s1. The summed E-state index contributed by atoms with van der Waals surface area (Å²) in [6.07, 6.45) is 1.16. The summed E-state index contributed by atoms with van der Waals surface area (Å²) in [7, 11) is 0. The van der Waals surface area contributed by atoms with Crippen molar-refractivity contribution in [3.05, 3.63) is 0 Å². The topological polar surface area (TPSA) is 9.23 Å². The first-order valence-corrected chi connectivity index (χ1v) is 5.26. The lowest BCUT2D eigenvalue weighted by Crippen LogP contribution is -2.30. The molecule has 1 aliphatic heterocycles. The van der Waals surface area contributed by atoms with Gasteiger partial charge in [0.2, 0.25) is 0 Å². The normalized spacial score (nSPS) is 34.1. The third-order valence-electron chi connectivity index (χ3n) is 2.45. The second-order valence-electron chi connectivity index (χ2n) is 4.52. The first-order chi connectivity index (χ1) is 4.87. The molecule has 0 unspecified atom stereocenters. The van der Waals surface area contributed by atoms with E-state index in [1.54, 1.807) is 0 Å². The third kappa shape index (κ3) is 1.97. The van der Waals surface area contributed by atoms with Crippen molar-refractivity contribution in [2.24, 2.45) is 5.92 Å². The minimum absolute atomic E-state index is 0.0486. The highest BCUT2D eigenvalue weighted by Gasteiger charge is 2.44. The first-order valence-electron chi connectivity index (χ1n) is 4.13. The molecule has 1 saturated heterocycles. The van der Waals surface area contributed by atoms with Crippen LogP contribution in [0.1, 0.15) is 34.1 Å². The van der Waals surface area contributed by atoms with Crippen LogP contribution in [0.4, 0.5) is 0 Å². The molecule has 0 N–H and O–H groups in total. The Labute approximate surface area is 77.6 Å². The summed E-state index contributed by atoms with van der Waals surface area (Å²) in [5.41, 5.74) is 0.120. The minimum atomic E-state index is 0.0486. The smallest absolute Gasteiger partial charge is 0.0670 e. The van der Waals surface area contributed by atoms with Crippen molar-refractivity contribution in [3.63, 3.8) is 0 Å². The molecular weight excluding hydrogens is 204 g/mol. The molecule has 0 amide bonds. The number of halogens is 1. The van der Waals surface area contributed by atoms with Gasteiger partial charge in [-0.05, 0) is 40.0 Å². The number of hydrogen-bond acceptors (Lipinski definition) is 1. The molecule has 1 heterocycles. The molecule has 0 radical (unpaired) electrons. The van der Waals surface area contributed by atoms with E-state index in [9.17, 15) is 0 Å². The van der Waals surface area contributed by atoms with Crippen LogP contribution >= 0.6 is 15.9 Å². The molecule has 1 nitrogen and oxygen atoms in total. The monoisotopic (exact) mass is 220 g/mol. The Morgan fingerprint density at radius 1 is 1.36 bits per heavy atom. The lowest BCUT2D eigenvalue weighted by molar-refractivity contribution is -0.0724. The molecule has 0 aliphatic carbocycles. The largest absolute Gasteiger partial charge is 0.369 e. The number of alkyl halides is 1. The van der Waals surface area contributed by atoms with Crippen LogP contribution in [0.2, 0.25) is 0 Å². The number of hydrogen-bond donors (Lipinski definition) is 0. The maximum atomic E-state index is 5.91. The molecular formula is C9H17BrO. The third-order valence-corrected chi connectivity index (χ3v) is 3.23. The van der Waals surface area contributed by atoms with Gasteiger partial charge in [0.25, 0.3) is 0 Å². The van der Waals surface area contributed by atoms with Gasteiger partial charge in [-0.25, -0.2) is 0 Å². The zero-order chi connectivity index (χ0) is 8.70. The van der Waals surface area contributed by atoms with Crippen molar-refractivity contribution in [1.29, 1.82) is 0 Å². The van der Waals surface area contributed by atoms with Gasteiger partial charge in [0.15, 0.2) is 0 Å². The van der Waals surface area contributed by atoms with Crippen molar-refractivity contribution in [2.75, 3.05) is 5.33 Å². The predicted octanol–water partition coefficient (Wildman–Crippen LogP) is 2.98. The van der Waals surface area contributed by atoms with E-state index in [0.717, 1.165) is 11.8 Å². The van der Waals surface area contributed by atoms with Gasteiger partial charge in [0, 0.05) is 5.33 Å². The van der Waals surface area contributed by atoms with Gasteiger partial charge in [0.05, 0.1) is 11.2 Å². The lowest BCUT2D eigenvalue weighted by Gasteiger charge is -2.26. The van der Waals surface area contributed by atoms with E-state index in [2.05, 4.69) is 43.6 Å². The van der Waals surface area contributed by atoms with E-state index in [-0.39, 0.29) is 11.2 Å². The SMILES string of the molecule is CC1(C)C[C@H](CBr)C(C)(C)O1. The highest BCUT2D eigenvalue weighted by Crippen LogP contribution is 2.42. The van der Waals surface area contributed by atoms with Gasteiger partial charge in [-0.15, -0.1) is 0 Å². The molecule has 0 aromatic rings. The summed E-state index contributed by atoms with van der Waals surface area (Å²) < 4.78 is 5.91. The zero-order valence-corrected chi connectivity index (χ0v) is 9.36. The first kappa shape index (κ1) is 9.53. The van der Waals surface area contributed by atoms with Gasteiger partial charge in [-0.3, -0.25) is 0 Å². The van der Waals surface area contributed by atoms with Gasteiger partial charge in [0.1, 0.15) is 0 Å². The van der Waals surface area contributed by atoms with Crippen molar-refractivity contribution >= 4 is 15.9 Å². The maximum absolute atomic E-state index is 5.91. The molecule has 1 aliphatic rings. The summed E-state index contributed by atoms with van der Waals surface area (Å²) in [4.78, 5) is 0. The van der Waals surface area contributed by atoms with Crippen LogP contribution in [-0.4, -0.2) is 16.5 Å². The van der Waals surface area contributed by atoms with Crippen LogP contribution in [0.25, 0.3) is 0 Å². The quantitative estimate of drug-likeness (QED) is 0.618. The summed E-state index contributed by atoms with van der Waals surface area (Å²) in [5, 5.41) is 1.05. The molecule has 0 saturated carbocycles. The lowest BCUT2D eigenvalue weighted by atomic mass is 9.89. The van der Waals surface area contributed by atoms with Crippen LogP contribution in [0, 0.1) is 5.92 Å². The average Bonchev–Trinajstić information content (AvgIpc) is 1.99. The van der Waals surface area contributed by atoms with Crippen LogP contribution in [0.5, 0.6) is 0 Å². The van der Waals surface area contributed by atoms with Crippen LogP contribution in [-0.2, 0) is 4.74 Å². The molecule has 2 heteroatoms. The minimum Gasteiger partial charge on any atom is -0.369 e. The highest BCUT2D eigenvalue weighted by molar-refractivity contribution is 9.09. The summed E-state index contributed by atoms with van der Waals surface area (Å²) in [5.74, 6) is 0.650. The maximum Gasteiger partial charge on any atom is 0.0670 e. The highest BCUT2D eigenvalue weighted by atomic mass is 79.9. The van der Waals surface area contributed by atoms with Crippen molar-refractivity contribution in [3.8, 4) is 0 Å². The second-order valence-corrected chi connectivity index (χ2v) is 5.17. The molecule has 11 heavy (non-hydrogen) atoms. The molecule has 1 fully saturated rings. The van der Waals surface area contributed by atoms with Crippen LogP contribution in [0.15, 0.2) is 0 Å². The molecule has 0 bridgehead atoms. The fourth-order valence-electron chi connectivity index (χ4n) is 1.92. The van der Waals surface area contributed by atoms with E-state index >= 15 is 0 Å². The molecule has 1 atom stereocenters. The zero-order valence-electron chi connectivity index (χ0n) is 7.78. The van der Waals surface area contributed by atoms with Gasteiger partial charge < -0.3 is 4.74 Å². The van der Waals surface area contributed by atoms with E-state index in [4.69, 9.17) is 4.74 Å². The van der Waals surface area contributed by atoms with Crippen molar-refractivity contribution < 1.29 is 4.74 Å². The van der Waals surface area contributed by atoms with E-state index in [1.807, 2.05) is 0 Å². The molecule has 0 aromatic heterocycles. The fraction of sp³-hybridized carbons (Fsp3) is 1.00. The molecule has 0 spiro atoms. The van der Waals surface area contributed by atoms with Gasteiger partial charge >= 0.3 is 0 Å². The fourth-order valence-corrected chi connectivity index (χ4v) is 2.93. The molecule has 0 aromatic carbocycles. The number of rotatable bonds is 1. The Morgan fingerprint density at radius 2 is 1.91 bits per heavy atom. The summed E-state index contributed by atoms with van der Waals surface area (Å²) >= 11 is 3.52. The van der Waals surface area contributed by atoms with Crippen LogP contribution in [0.3, 0.4) is 0 Å². The summed E-state index contributed by atoms with van der Waals surface area (Å²) in [6.45, 7) is 8.68. The molecule has 66 valence electrons.